The van der Waals surface area contributed by atoms with Crippen molar-refractivity contribution in [2.75, 3.05) is 7.11 Å². The van der Waals surface area contributed by atoms with Gasteiger partial charge in [0.25, 0.3) is 0 Å². The molecule has 3 rings (SSSR count). The standard InChI is InChI=1S/C16H11F3N2OS/c1-22-9-21-8-13(11-4-5-23-15(11)16(17,18)19)12-6-10(7-20)2-3-14(12)21/h2-6,8H,9H2,1H3. The van der Waals surface area contributed by atoms with Crippen LogP contribution in [0, 0.1) is 11.3 Å². The van der Waals surface area contributed by atoms with Crippen LogP contribution in [0.5, 0.6) is 0 Å². The van der Waals surface area contributed by atoms with Crippen molar-refractivity contribution in [3.63, 3.8) is 0 Å². The van der Waals surface area contributed by atoms with Gasteiger partial charge in [-0.15, -0.1) is 11.3 Å². The first kappa shape index (κ1) is 15.6. The molecule has 0 saturated carbocycles. The van der Waals surface area contributed by atoms with Gasteiger partial charge in [0.2, 0.25) is 0 Å². The molecule has 0 amide bonds. The van der Waals surface area contributed by atoms with Gasteiger partial charge in [-0.2, -0.15) is 18.4 Å². The summed E-state index contributed by atoms with van der Waals surface area (Å²) in [6.45, 7) is 0.216. The van der Waals surface area contributed by atoms with E-state index >= 15 is 0 Å². The molecule has 0 fully saturated rings. The molecule has 0 spiro atoms. The number of benzene rings is 1. The van der Waals surface area contributed by atoms with Crippen LogP contribution in [0.1, 0.15) is 10.4 Å². The van der Waals surface area contributed by atoms with Gasteiger partial charge in [-0.25, -0.2) is 0 Å². The van der Waals surface area contributed by atoms with E-state index in [2.05, 4.69) is 0 Å². The number of thiophene rings is 1. The second-order valence-electron chi connectivity index (χ2n) is 4.94. The molecule has 1 aromatic carbocycles. The predicted octanol–water partition coefficient (Wildman–Crippen LogP) is 4.86. The molecule has 7 heteroatoms. The van der Waals surface area contributed by atoms with Crippen molar-refractivity contribution in [3.8, 4) is 17.2 Å². The maximum absolute atomic E-state index is 13.2. The fourth-order valence-electron chi connectivity index (χ4n) is 2.57. The number of nitriles is 1. The van der Waals surface area contributed by atoms with Gasteiger partial charge < -0.3 is 9.30 Å². The number of rotatable bonds is 3. The molecule has 0 aliphatic heterocycles. The Kier molecular flexibility index (Phi) is 3.88. The van der Waals surface area contributed by atoms with E-state index in [1.807, 2.05) is 6.07 Å². The minimum absolute atomic E-state index is 0.123. The molecule has 0 aliphatic rings. The summed E-state index contributed by atoms with van der Waals surface area (Å²) in [4.78, 5) is -0.642. The topological polar surface area (TPSA) is 38.0 Å². The van der Waals surface area contributed by atoms with Crippen LogP contribution in [0.2, 0.25) is 0 Å². The van der Waals surface area contributed by atoms with Crippen LogP contribution < -0.4 is 0 Å². The average molecular weight is 336 g/mol. The van der Waals surface area contributed by atoms with Gasteiger partial charge in [0, 0.05) is 29.8 Å². The lowest BCUT2D eigenvalue weighted by Gasteiger charge is -2.07. The van der Waals surface area contributed by atoms with Crippen LogP contribution in [0.15, 0.2) is 35.8 Å². The maximum Gasteiger partial charge on any atom is 0.426 e. The van der Waals surface area contributed by atoms with Gasteiger partial charge in [-0.05, 0) is 29.6 Å². The van der Waals surface area contributed by atoms with Crippen LogP contribution >= 0.6 is 11.3 Å². The molecule has 23 heavy (non-hydrogen) atoms. The molecular formula is C16H11F3N2OS. The van der Waals surface area contributed by atoms with E-state index in [0.717, 1.165) is 5.52 Å². The van der Waals surface area contributed by atoms with Crippen molar-refractivity contribution in [2.45, 2.75) is 12.9 Å². The lowest BCUT2D eigenvalue weighted by molar-refractivity contribution is -0.133. The van der Waals surface area contributed by atoms with E-state index in [9.17, 15) is 13.2 Å². The smallest absolute Gasteiger partial charge is 0.364 e. The lowest BCUT2D eigenvalue weighted by Crippen LogP contribution is -2.03. The largest absolute Gasteiger partial charge is 0.426 e. The molecule has 0 saturated heterocycles. The minimum atomic E-state index is -4.41. The first-order valence-electron chi connectivity index (χ1n) is 6.62. The molecule has 2 heterocycles. The van der Waals surface area contributed by atoms with Crippen molar-refractivity contribution < 1.29 is 17.9 Å². The van der Waals surface area contributed by atoms with Crippen LogP contribution in [0.25, 0.3) is 22.0 Å². The average Bonchev–Trinajstić information content (AvgIpc) is 3.11. The van der Waals surface area contributed by atoms with Gasteiger partial charge in [0.15, 0.2) is 0 Å². The molecule has 3 nitrogen and oxygen atoms in total. The summed E-state index contributed by atoms with van der Waals surface area (Å²) in [6, 6.07) is 8.43. The maximum atomic E-state index is 13.2. The van der Waals surface area contributed by atoms with E-state index in [-0.39, 0.29) is 12.3 Å². The molecular weight excluding hydrogens is 325 g/mol. The molecule has 3 aromatic rings. The summed E-state index contributed by atoms with van der Waals surface area (Å²) in [5, 5.41) is 11.1. The molecule has 2 aromatic heterocycles. The third-order valence-electron chi connectivity index (χ3n) is 3.49. The fraction of sp³-hybridized carbons (Fsp3) is 0.188. The van der Waals surface area contributed by atoms with E-state index in [0.29, 0.717) is 27.8 Å². The lowest BCUT2D eigenvalue weighted by atomic mass is 10.0. The Labute approximate surface area is 134 Å². The summed E-state index contributed by atoms with van der Waals surface area (Å²) < 4.78 is 46.4. The second-order valence-corrected chi connectivity index (χ2v) is 5.85. The normalized spacial score (nSPS) is 11.8. The Morgan fingerprint density at radius 3 is 2.70 bits per heavy atom. The summed E-state index contributed by atoms with van der Waals surface area (Å²) in [7, 11) is 1.51. The second kappa shape index (κ2) is 5.72. The zero-order chi connectivity index (χ0) is 16.6. The first-order chi connectivity index (χ1) is 11.0. The minimum Gasteiger partial charge on any atom is -0.364 e. The molecule has 0 atom stereocenters. The summed E-state index contributed by atoms with van der Waals surface area (Å²) in [6.07, 6.45) is -2.78. The van der Waals surface area contributed by atoms with E-state index < -0.39 is 11.1 Å². The van der Waals surface area contributed by atoms with Crippen molar-refractivity contribution in [1.29, 1.82) is 5.26 Å². The third-order valence-corrected chi connectivity index (χ3v) is 4.45. The summed E-state index contributed by atoms with van der Waals surface area (Å²) in [5.41, 5.74) is 1.69. The van der Waals surface area contributed by atoms with E-state index in [1.54, 1.807) is 29.0 Å². The van der Waals surface area contributed by atoms with Crippen LogP contribution in [0.3, 0.4) is 0 Å². The number of hydrogen-bond acceptors (Lipinski definition) is 3. The molecule has 0 aliphatic carbocycles. The Balaban J connectivity index is 2.29. The van der Waals surface area contributed by atoms with Gasteiger partial charge in [0.1, 0.15) is 11.6 Å². The van der Waals surface area contributed by atoms with Crippen molar-refractivity contribution >= 4 is 22.2 Å². The highest BCUT2D eigenvalue weighted by Crippen LogP contribution is 2.43. The number of aromatic nitrogens is 1. The van der Waals surface area contributed by atoms with Crippen LogP contribution in [-0.4, -0.2) is 11.7 Å². The molecule has 0 radical (unpaired) electrons. The highest BCUT2D eigenvalue weighted by molar-refractivity contribution is 7.10. The number of nitrogens with zero attached hydrogens (tertiary/aromatic N) is 2. The van der Waals surface area contributed by atoms with Crippen molar-refractivity contribution in [3.05, 3.63) is 46.3 Å². The predicted molar refractivity (Wildman–Crippen MR) is 82.0 cm³/mol. The quantitative estimate of drug-likeness (QED) is 0.685. The SMILES string of the molecule is COCn1cc(-c2ccsc2C(F)(F)F)c2cc(C#N)ccc21. The molecule has 0 bridgehead atoms. The van der Waals surface area contributed by atoms with Crippen LogP contribution in [-0.2, 0) is 17.6 Å². The highest BCUT2D eigenvalue weighted by Gasteiger charge is 2.35. The monoisotopic (exact) mass is 336 g/mol. The van der Waals surface area contributed by atoms with Crippen LogP contribution in [0.4, 0.5) is 13.2 Å². The molecule has 118 valence electrons. The van der Waals surface area contributed by atoms with Gasteiger partial charge in [-0.3, -0.25) is 0 Å². The van der Waals surface area contributed by atoms with Gasteiger partial charge in [0.05, 0.1) is 17.1 Å². The Bertz CT molecular complexity index is 902. The molecule has 0 N–H and O–H groups in total. The first-order valence-corrected chi connectivity index (χ1v) is 7.50. The van der Waals surface area contributed by atoms with Crippen molar-refractivity contribution in [1.82, 2.24) is 4.57 Å². The summed E-state index contributed by atoms with van der Waals surface area (Å²) in [5.74, 6) is 0. The number of ether oxygens (including phenoxy) is 1. The number of alkyl halides is 3. The number of halogens is 3. The van der Waals surface area contributed by atoms with Crippen molar-refractivity contribution in [2.24, 2.45) is 0 Å². The number of hydrogen-bond donors (Lipinski definition) is 0. The number of methoxy groups -OCH3 is 1. The third kappa shape index (κ3) is 2.71. The van der Waals surface area contributed by atoms with Gasteiger partial charge >= 0.3 is 6.18 Å². The fourth-order valence-corrected chi connectivity index (χ4v) is 3.35. The summed E-state index contributed by atoms with van der Waals surface area (Å²) >= 11 is 0.662. The zero-order valence-corrected chi connectivity index (χ0v) is 12.8. The number of fused-ring (bicyclic) bond motifs is 1. The highest BCUT2D eigenvalue weighted by atomic mass is 32.1. The Morgan fingerprint density at radius 2 is 2.04 bits per heavy atom. The zero-order valence-electron chi connectivity index (χ0n) is 12.0. The Morgan fingerprint density at radius 1 is 1.26 bits per heavy atom. The van der Waals surface area contributed by atoms with E-state index in [4.69, 9.17) is 10.00 Å². The van der Waals surface area contributed by atoms with Gasteiger partial charge in [-0.1, -0.05) is 0 Å². The Hall–Kier alpha value is -2.30. The molecule has 0 unspecified atom stereocenters. The van der Waals surface area contributed by atoms with E-state index in [1.165, 1.54) is 18.6 Å².